The maximum atomic E-state index is 14.9. The van der Waals surface area contributed by atoms with E-state index in [1.165, 1.54) is 37.5 Å². The van der Waals surface area contributed by atoms with Gasteiger partial charge in [0.25, 0.3) is 11.8 Å². The molecule has 4 amide bonds. The Morgan fingerprint density at radius 3 is 2.45 bits per heavy atom. The second-order valence-corrected chi connectivity index (χ2v) is 9.19. The summed E-state index contributed by atoms with van der Waals surface area (Å²) in [5.74, 6) is 0.00458. The zero-order valence-corrected chi connectivity index (χ0v) is 18.7. The molecule has 2 aliphatic heterocycles. The van der Waals surface area contributed by atoms with Crippen LogP contribution in [0.25, 0.3) is 0 Å². The van der Waals surface area contributed by atoms with E-state index < -0.39 is 23.3 Å². The highest BCUT2D eigenvalue weighted by Gasteiger charge is 2.45. The van der Waals surface area contributed by atoms with Crippen LogP contribution >= 0.6 is 0 Å². The first-order valence-electron chi connectivity index (χ1n) is 11.2. The number of anilines is 1. The van der Waals surface area contributed by atoms with Crippen molar-refractivity contribution in [3.05, 3.63) is 58.5 Å². The van der Waals surface area contributed by atoms with Gasteiger partial charge < -0.3 is 15.1 Å². The Bertz CT molecular complexity index is 1160. The quantitative estimate of drug-likeness (QED) is 0.697. The number of carbonyl (C=O) groups excluding carboxylic acids is 3. The van der Waals surface area contributed by atoms with Crippen LogP contribution in [0, 0.1) is 12.7 Å². The van der Waals surface area contributed by atoms with Gasteiger partial charge in [-0.1, -0.05) is 12.1 Å². The number of piperazine rings is 1. The first-order valence-corrected chi connectivity index (χ1v) is 11.2. The van der Waals surface area contributed by atoms with Crippen molar-refractivity contribution in [2.45, 2.75) is 38.1 Å². The van der Waals surface area contributed by atoms with Crippen LogP contribution in [0.4, 0.5) is 15.0 Å². The van der Waals surface area contributed by atoms with Crippen LogP contribution in [0.3, 0.4) is 0 Å². The first kappa shape index (κ1) is 21.4. The second-order valence-electron chi connectivity index (χ2n) is 9.19. The minimum atomic E-state index is -1.51. The number of aromatic nitrogens is 1. The molecule has 1 aromatic carbocycles. The number of hydrogen-bond acceptors (Lipinski definition) is 5. The first-order chi connectivity index (χ1) is 15.8. The number of hydrogen-bond donors (Lipinski definition) is 2. The minimum absolute atomic E-state index is 0.0170. The highest BCUT2D eigenvalue weighted by Crippen LogP contribution is 2.40. The smallest absolute Gasteiger partial charge is 0.322 e. The normalized spacial score (nSPS) is 22.9. The molecule has 1 aromatic heterocycles. The monoisotopic (exact) mass is 451 g/mol. The molecule has 3 heterocycles. The molecule has 2 saturated heterocycles. The van der Waals surface area contributed by atoms with Crippen molar-refractivity contribution < 1.29 is 18.8 Å². The second kappa shape index (κ2) is 7.83. The number of imide groups is 1. The Kier molecular flexibility index (Phi) is 5.07. The molecule has 1 aliphatic carbocycles. The van der Waals surface area contributed by atoms with E-state index in [1.807, 2.05) is 6.20 Å². The van der Waals surface area contributed by atoms with Crippen LogP contribution < -0.4 is 15.5 Å². The molecule has 2 N–H and O–H groups in total. The maximum Gasteiger partial charge on any atom is 0.322 e. The van der Waals surface area contributed by atoms with Crippen molar-refractivity contribution in [3.8, 4) is 0 Å². The van der Waals surface area contributed by atoms with Gasteiger partial charge in [0.15, 0.2) is 0 Å². The number of benzene rings is 1. The molecule has 2 aromatic rings. The van der Waals surface area contributed by atoms with Gasteiger partial charge in [-0.3, -0.25) is 14.9 Å². The lowest BCUT2D eigenvalue weighted by atomic mass is 9.91. The Morgan fingerprint density at radius 1 is 1.15 bits per heavy atom. The molecular formula is C24H26FN5O3. The van der Waals surface area contributed by atoms with Gasteiger partial charge in [-0.05, 0) is 55.9 Å². The summed E-state index contributed by atoms with van der Waals surface area (Å²) >= 11 is 0. The van der Waals surface area contributed by atoms with E-state index in [4.69, 9.17) is 0 Å². The minimum Gasteiger partial charge on any atom is -0.353 e. The Labute approximate surface area is 191 Å². The van der Waals surface area contributed by atoms with E-state index >= 15 is 0 Å². The fraction of sp³-hybridized carbons (Fsp3) is 0.417. The standard InChI is InChI=1S/C24H26FN5O3/c1-14-11-17(15-3-4-15)13-26-20(14)29-7-9-30(10-8-29)21(31)16-5-6-18(19(25)12-16)24(2)22(32)27-23(33)28-24/h5-6,11-13,15H,3-4,7-10H2,1-2H3,(H2,27,28,32,33). The average Bonchev–Trinajstić information content (AvgIpc) is 3.60. The van der Waals surface area contributed by atoms with E-state index in [9.17, 15) is 18.8 Å². The summed E-state index contributed by atoms with van der Waals surface area (Å²) < 4.78 is 14.9. The molecule has 0 radical (unpaired) electrons. The number of amides is 4. The summed E-state index contributed by atoms with van der Waals surface area (Å²) in [6, 6.07) is 5.56. The average molecular weight is 452 g/mol. The van der Waals surface area contributed by atoms with Gasteiger partial charge in [0.2, 0.25) is 0 Å². The maximum absolute atomic E-state index is 14.9. The fourth-order valence-electron chi connectivity index (χ4n) is 4.65. The lowest BCUT2D eigenvalue weighted by Gasteiger charge is -2.36. The molecule has 0 bridgehead atoms. The van der Waals surface area contributed by atoms with E-state index in [2.05, 4.69) is 33.5 Å². The lowest BCUT2D eigenvalue weighted by Crippen LogP contribution is -2.49. The number of aryl methyl sites for hydroxylation is 1. The summed E-state index contributed by atoms with van der Waals surface area (Å²) in [5.41, 5.74) is 1.17. The molecule has 1 saturated carbocycles. The van der Waals surface area contributed by atoms with E-state index in [-0.39, 0.29) is 17.0 Å². The van der Waals surface area contributed by atoms with Crippen LogP contribution in [-0.4, -0.2) is 53.9 Å². The van der Waals surface area contributed by atoms with Gasteiger partial charge >= 0.3 is 6.03 Å². The van der Waals surface area contributed by atoms with E-state index in [0.29, 0.717) is 32.1 Å². The van der Waals surface area contributed by atoms with Crippen LogP contribution in [0.2, 0.25) is 0 Å². The van der Waals surface area contributed by atoms with Gasteiger partial charge in [-0.15, -0.1) is 0 Å². The molecule has 3 aliphatic rings. The lowest BCUT2D eigenvalue weighted by molar-refractivity contribution is -0.123. The van der Waals surface area contributed by atoms with Crippen molar-refractivity contribution in [3.63, 3.8) is 0 Å². The number of nitrogens with zero attached hydrogens (tertiary/aromatic N) is 3. The molecule has 3 fully saturated rings. The summed E-state index contributed by atoms with van der Waals surface area (Å²) in [6.07, 6.45) is 4.45. The third-order valence-corrected chi connectivity index (χ3v) is 6.79. The molecule has 5 rings (SSSR count). The van der Waals surface area contributed by atoms with Crippen LogP contribution in [0.15, 0.2) is 30.5 Å². The van der Waals surface area contributed by atoms with Crippen LogP contribution in [0.5, 0.6) is 0 Å². The zero-order valence-electron chi connectivity index (χ0n) is 18.7. The predicted molar refractivity (Wildman–Crippen MR) is 119 cm³/mol. The fourth-order valence-corrected chi connectivity index (χ4v) is 4.65. The number of nitrogens with one attached hydrogen (secondary N) is 2. The van der Waals surface area contributed by atoms with Crippen LogP contribution in [-0.2, 0) is 10.3 Å². The topological polar surface area (TPSA) is 94.6 Å². The van der Waals surface area contributed by atoms with Gasteiger partial charge in [0.05, 0.1) is 0 Å². The summed E-state index contributed by atoms with van der Waals surface area (Å²) in [5, 5.41) is 4.56. The zero-order chi connectivity index (χ0) is 23.3. The van der Waals surface area contributed by atoms with E-state index in [0.717, 1.165) is 17.4 Å². The van der Waals surface area contributed by atoms with Gasteiger partial charge in [0, 0.05) is 43.5 Å². The third kappa shape index (κ3) is 3.81. The van der Waals surface area contributed by atoms with Crippen molar-refractivity contribution >= 4 is 23.7 Å². The molecule has 9 heteroatoms. The number of halogens is 1. The number of urea groups is 1. The summed E-state index contributed by atoms with van der Waals surface area (Å²) in [6.45, 7) is 5.80. The van der Waals surface area contributed by atoms with Gasteiger partial charge in [0.1, 0.15) is 17.2 Å². The van der Waals surface area contributed by atoms with Crippen molar-refractivity contribution in [1.29, 1.82) is 0 Å². The molecule has 8 nitrogen and oxygen atoms in total. The van der Waals surface area contributed by atoms with Crippen molar-refractivity contribution in [2.75, 3.05) is 31.1 Å². The third-order valence-electron chi connectivity index (χ3n) is 6.79. The van der Waals surface area contributed by atoms with Crippen molar-refractivity contribution in [2.24, 2.45) is 0 Å². The number of rotatable bonds is 4. The molecule has 1 unspecified atom stereocenters. The summed E-state index contributed by atoms with van der Waals surface area (Å²) in [4.78, 5) is 45.2. The Balaban J connectivity index is 1.26. The largest absolute Gasteiger partial charge is 0.353 e. The predicted octanol–water partition coefficient (Wildman–Crippen LogP) is 2.42. The Hall–Kier alpha value is -3.49. The number of pyridine rings is 1. The molecule has 172 valence electrons. The molecule has 0 spiro atoms. The number of carbonyl (C=O) groups is 3. The van der Waals surface area contributed by atoms with Crippen molar-refractivity contribution in [1.82, 2.24) is 20.5 Å². The Morgan fingerprint density at radius 2 is 1.88 bits per heavy atom. The summed E-state index contributed by atoms with van der Waals surface area (Å²) in [7, 11) is 0. The highest BCUT2D eigenvalue weighted by atomic mass is 19.1. The molecular weight excluding hydrogens is 425 g/mol. The van der Waals surface area contributed by atoms with E-state index in [1.54, 1.807) is 4.90 Å². The molecule has 33 heavy (non-hydrogen) atoms. The SMILES string of the molecule is Cc1cc(C2CC2)cnc1N1CCN(C(=O)c2ccc(C3(C)NC(=O)NC3=O)c(F)c2)CC1. The van der Waals surface area contributed by atoms with Gasteiger partial charge in [-0.25, -0.2) is 14.2 Å². The molecule has 1 atom stereocenters. The van der Waals surface area contributed by atoms with Crippen LogP contribution in [0.1, 0.15) is 52.7 Å². The van der Waals surface area contributed by atoms with Gasteiger partial charge in [-0.2, -0.15) is 0 Å². The highest BCUT2D eigenvalue weighted by molar-refractivity contribution is 6.07.